The fourth-order valence-corrected chi connectivity index (χ4v) is 8.69. The Morgan fingerprint density at radius 2 is 0.743 bits per heavy atom. The van der Waals surface area contributed by atoms with Gasteiger partial charge in [0.1, 0.15) is 0 Å². The third-order valence-electron chi connectivity index (χ3n) is 13.0. The van der Waals surface area contributed by atoms with Gasteiger partial charge >= 0.3 is 0 Å². The summed E-state index contributed by atoms with van der Waals surface area (Å²) in [5.41, 5.74) is 13.0. The Bertz CT molecular complexity index is 3380. The van der Waals surface area contributed by atoms with Crippen molar-refractivity contribution in [2.45, 2.75) is 105 Å². The molecule has 10 aromatic rings. The third-order valence-corrected chi connectivity index (χ3v) is 13.0. The number of aromatic nitrogens is 6. The van der Waals surface area contributed by atoms with Crippen LogP contribution in [-0.2, 0) is 63.8 Å². The number of pyridine rings is 2. The van der Waals surface area contributed by atoms with Gasteiger partial charge in [-0.05, 0) is 80.8 Å². The van der Waals surface area contributed by atoms with E-state index in [1.165, 1.54) is 11.1 Å². The Balaban J connectivity index is 0.00000364. The predicted octanol–water partition coefficient (Wildman–Crippen LogP) is 14.2. The number of hydrogen-bond acceptors (Lipinski definition) is 4. The molecule has 382 valence electrons. The first kappa shape index (κ1) is 53.8. The van der Waals surface area contributed by atoms with Gasteiger partial charge in [-0.3, -0.25) is 9.13 Å². The molecule has 0 aliphatic heterocycles. The number of hydrogen-bond donors (Lipinski definition) is 0. The van der Waals surface area contributed by atoms with Crippen molar-refractivity contribution in [1.82, 2.24) is 19.1 Å². The molecule has 0 saturated carbocycles. The van der Waals surface area contributed by atoms with E-state index in [1.54, 1.807) is 24.5 Å². The number of nitrogens with zero attached hydrogens (tertiary/aromatic N) is 6. The minimum Gasteiger partial charge on any atom is -0.511 e. The third kappa shape index (κ3) is 11.3. The Morgan fingerprint density at radius 1 is 0.392 bits per heavy atom. The smallest absolute Gasteiger partial charge is 0.268 e. The molecule has 0 saturated heterocycles. The van der Waals surface area contributed by atoms with E-state index in [4.69, 9.17) is 9.47 Å². The fourth-order valence-electron chi connectivity index (χ4n) is 8.69. The molecule has 10 rings (SSSR count). The van der Waals surface area contributed by atoms with E-state index in [0.29, 0.717) is 34.4 Å². The first-order valence-corrected chi connectivity index (χ1v) is 24.6. The van der Waals surface area contributed by atoms with Gasteiger partial charge < -0.3 is 28.6 Å². The molecule has 0 aliphatic rings. The van der Waals surface area contributed by atoms with Crippen molar-refractivity contribution in [2.75, 3.05) is 0 Å². The second-order valence-electron chi connectivity index (χ2n) is 22.6. The minimum absolute atomic E-state index is 0. The van der Waals surface area contributed by atoms with Crippen molar-refractivity contribution in [3.63, 3.8) is 0 Å². The van der Waals surface area contributed by atoms with Crippen LogP contribution in [0.3, 0.4) is 0 Å². The van der Waals surface area contributed by atoms with E-state index >= 15 is 0 Å². The molecule has 0 fully saturated rings. The summed E-state index contributed by atoms with van der Waals surface area (Å²) in [5.74, 6) is 1.99. The van der Waals surface area contributed by atoms with Gasteiger partial charge in [-0.2, -0.15) is 35.4 Å². The fraction of sp³-hybridized carbons (Fsp3) is 0.250. The molecule has 0 N–H and O–H groups in total. The summed E-state index contributed by atoms with van der Waals surface area (Å²) < 4.78 is 21.6. The maximum atomic E-state index is 6.62. The van der Waals surface area contributed by atoms with Crippen molar-refractivity contribution in [3.05, 3.63) is 205 Å². The summed E-state index contributed by atoms with van der Waals surface area (Å²) in [4.78, 5) is 9.31. The molecule has 0 atom stereocenters. The summed E-state index contributed by atoms with van der Waals surface area (Å²) in [7, 11) is 0. The summed E-state index contributed by atoms with van der Waals surface area (Å²) in [6.45, 7) is 26.5. The summed E-state index contributed by atoms with van der Waals surface area (Å²) in [5, 5.41) is 0. The van der Waals surface area contributed by atoms with E-state index < -0.39 is 0 Å². The number of fused-ring (bicyclic) bond motifs is 2. The maximum absolute atomic E-state index is 6.62. The summed E-state index contributed by atoms with van der Waals surface area (Å²) in [6, 6.07) is 59.9. The Kier molecular flexibility index (Phi) is 15.0. The van der Waals surface area contributed by atoms with Gasteiger partial charge in [0.2, 0.25) is 0 Å². The molecule has 0 radical (unpaired) electrons. The molecule has 0 unspecified atom stereocenters. The Hall–Kier alpha value is -6.46. The van der Waals surface area contributed by atoms with Crippen molar-refractivity contribution in [2.24, 2.45) is 0 Å². The molecule has 0 amide bonds. The SMILES string of the molecule is CC(C)(C)c1ccc(-n2[c-][n+](-c3[c-]c(Oc4[c-]c(-c5[c-]c(Oc6[c-]c(-[n+]7[c-]n(-c8ccc(C(C)(C)C)cc8)c8ccccc87)cc(C(C)(C)C)c6)ccn5)ncc4)cc(C(C)(C)C)c3)c3ccccc32)cc1.[Pt].[Pt]. The quantitative estimate of drug-likeness (QED) is 0.107. The monoisotopic (exact) mass is 1330 g/mol. The zero-order valence-electron chi connectivity index (χ0n) is 44.0. The average molecular weight is 1340 g/mol. The molecule has 4 aromatic heterocycles. The molecule has 8 nitrogen and oxygen atoms in total. The topological polar surface area (TPSA) is 61.9 Å². The van der Waals surface area contributed by atoms with Gasteiger partial charge in [0.15, 0.2) is 0 Å². The van der Waals surface area contributed by atoms with Crippen LogP contribution >= 0.6 is 0 Å². The maximum Gasteiger partial charge on any atom is 0.268 e. The zero-order chi connectivity index (χ0) is 50.7. The van der Waals surface area contributed by atoms with Gasteiger partial charge in [-0.25, -0.2) is 0 Å². The number of rotatable bonds is 9. The van der Waals surface area contributed by atoms with Crippen molar-refractivity contribution in [1.29, 1.82) is 0 Å². The van der Waals surface area contributed by atoms with Crippen LogP contribution in [-0.4, -0.2) is 19.1 Å². The van der Waals surface area contributed by atoms with Crippen LogP contribution in [0.15, 0.2) is 146 Å². The van der Waals surface area contributed by atoms with Crippen LogP contribution in [0.5, 0.6) is 23.0 Å². The van der Waals surface area contributed by atoms with Crippen molar-refractivity contribution >= 4 is 22.1 Å². The van der Waals surface area contributed by atoms with Crippen molar-refractivity contribution < 1.29 is 60.7 Å². The van der Waals surface area contributed by atoms with E-state index in [1.807, 2.05) is 24.3 Å². The van der Waals surface area contributed by atoms with Crippen LogP contribution in [0.1, 0.15) is 105 Å². The molecule has 0 spiro atoms. The second kappa shape index (κ2) is 20.7. The number of benzene rings is 6. The number of para-hydroxylation sites is 4. The van der Waals surface area contributed by atoms with E-state index in [0.717, 1.165) is 55.9 Å². The van der Waals surface area contributed by atoms with Crippen molar-refractivity contribution in [3.8, 4) is 57.1 Å². The largest absolute Gasteiger partial charge is 0.511 e. The van der Waals surface area contributed by atoms with Gasteiger partial charge in [0, 0.05) is 65.1 Å². The molecule has 0 aliphatic carbocycles. The molecule has 6 aromatic carbocycles. The first-order chi connectivity index (χ1) is 34.2. The number of ether oxygens (including phenoxy) is 2. The molecule has 4 heterocycles. The zero-order valence-corrected chi connectivity index (χ0v) is 48.5. The van der Waals surface area contributed by atoms with Crippen LogP contribution in [0.2, 0.25) is 0 Å². The van der Waals surface area contributed by atoms with Gasteiger partial charge in [0.25, 0.3) is 12.7 Å². The minimum atomic E-state index is -0.199. The number of imidazole rings is 2. The summed E-state index contributed by atoms with van der Waals surface area (Å²) in [6.07, 6.45) is 10.7. The molecular weight excluding hydrogens is 1270 g/mol. The normalized spacial score (nSPS) is 12.1. The molecule has 0 bridgehead atoms. The van der Waals surface area contributed by atoms with E-state index in [9.17, 15) is 0 Å². The molecule has 74 heavy (non-hydrogen) atoms. The van der Waals surface area contributed by atoms with Gasteiger partial charge in [0.05, 0.1) is 33.4 Å². The standard InChI is InChI=1S/C64H60N6O2.2Pt/c1-61(2,3)43-21-25-47(26-22-43)67-41-69(59-19-15-13-17-57(59)67)49-33-45(63(7,8)9)35-53(37-49)71-51-29-31-65-55(39-51)56-40-52(30-32-66-56)72-54-36-46(64(10,11)12)34-50(38-54)70-42-68(58-18-14-16-20-60(58)70)48-27-23-44(24-28-48)62(4,5)6;;/h13-36H,1-12H3;;/q-4;;. The van der Waals surface area contributed by atoms with Crippen LogP contribution < -0.4 is 18.6 Å². The van der Waals surface area contributed by atoms with Crippen LogP contribution in [0.25, 0.3) is 56.2 Å². The average Bonchev–Trinajstić information content (AvgIpc) is 3.93. The first-order valence-electron chi connectivity index (χ1n) is 24.6. The van der Waals surface area contributed by atoms with Crippen LogP contribution in [0.4, 0.5) is 0 Å². The molecular formula is C64H60N6O2Pt2-4. The van der Waals surface area contributed by atoms with E-state index in [-0.39, 0.29) is 63.8 Å². The van der Waals surface area contributed by atoms with E-state index in [2.05, 4.69) is 245 Å². The predicted molar refractivity (Wildman–Crippen MR) is 285 cm³/mol. The van der Waals surface area contributed by atoms with Gasteiger partial charge in [-0.1, -0.05) is 156 Å². The Morgan fingerprint density at radius 3 is 1.09 bits per heavy atom. The van der Waals surface area contributed by atoms with Crippen LogP contribution in [0, 0.1) is 36.9 Å². The second-order valence-corrected chi connectivity index (χ2v) is 22.6. The Labute approximate surface area is 465 Å². The molecule has 10 heteroatoms. The summed E-state index contributed by atoms with van der Waals surface area (Å²) >= 11 is 0. The van der Waals surface area contributed by atoms with Gasteiger partial charge in [-0.15, -0.1) is 47.8 Å².